The Kier molecular flexibility index (Phi) is 6.44. The number of carbonyl (C=O) groups is 1. The van der Waals surface area contributed by atoms with Crippen molar-refractivity contribution >= 4 is 17.5 Å². The van der Waals surface area contributed by atoms with Crippen LogP contribution in [0.1, 0.15) is 18.1 Å². The standard InChI is InChI=1S/C18H21ClN2O/c1-2-21(13-15-7-4-3-5-8-15)14-18(22)20-12-16-9-6-10-17(19)11-16/h3-11H,2,12-14H2,1H3,(H,20,22)/p+1. The molecule has 0 saturated heterocycles. The summed E-state index contributed by atoms with van der Waals surface area (Å²) >= 11 is 5.94. The summed E-state index contributed by atoms with van der Waals surface area (Å²) in [4.78, 5) is 13.3. The van der Waals surface area contributed by atoms with E-state index in [-0.39, 0.29) is 5.91 Å². The zero-order valence-corrected chi connectivity index (χ0v) is 13.6. The van der Waals surface area contributed by atoms with Crippen molar-refractivity contribution in [1.29, 1.82) is 0 Å². The number of carbonyl (C=O) groups excluding carboxylic acids is 1. The summed E-state index contributed by atoms with van der Waals surface area (Å²) in [5, 5.41) is 3.65. The maximum Gasteiger partial charge on any atom is 0.275 e. The summed E-state index contributed by atoms with van der Waals surface area (Å²) < 4.78 is 0. The summed E-state index contributed by atoms with van der Waals surface area (Å²) in [6.07, 6.45) is 0. The molecule has 3 nitrogen and oxygen atoms in total. The lowest BCUT2D eigenvalue weighted by molar-refractivity contribution is -0.904. The van der Waals surface area contributed by atoms with Gasteiger partial charge < -0.3 is 10.2 Å². The Labute approximate surface area is 136 Å². The smallest absolute Gasteiger partial charge is 0.275 e. The van der Waals surface area contributed by atoms with E-state index in [2.05, 4.69) is 24.4 Å². The van der Waals surface area contributed by atoms with Crippen LogP contribution in [0, 0.1) is 0 Å². The minimum Gasteiger partial charge on any atom is -0.347 e. The average Bonchev–Trinajstić information content (AvgIpc) is 2.53. The van der Waals surface area contributed by atoms with E-state index >= 15 is 0 Å². The predicted octanol–water partition coefficient (Wildman–Crippen LogP) is 2.06. The first-order chi connectivity index (χ1) is 10.7. The van der Waals surface area contributed by atoms with Crippen molar-refractivity contribution in [2.45, 2.75) is 20.0 Å². The SMILES string of the molecule is CC[NH+](CC(=O)NCc1cccc(Cl)c1)Cc1ccccc1. The predicted molar refractivity (Wildman–Crippen MR) is 89.8 cm³/mol. The van der Waals surface area contributed by atoms with Crippen molar-refractivity contribution < 1.29 is 9.69 Å². The molecule has 0 aliphatic carbocycles. The highest BCUT2D eigenvalue weighted by molar-refractivity contribution is 6.30. The molecule has 2 N–H and O–H groups in total. The Morgan fingerprint density at radius 1 is 1.09 bits per heavy atom. The Bertz CT molecular complexity index is 601. The summed E-state index contributed by atoms with van der Waals surface area (Å²) in [6, 6.07) is 17.8. The number of nitrogens with one attached hydrogen (secondary N) is 2. The highest BCUT2D eigenvalue weighted by atomic mass is 35.5. The number of likely N-dealkylation sites (N-methyl/N-ethyl adjacent to an activating group) is 1. The summed E-state index contributed by atoms with van der Waals surface area (Å²) in [5.41, 5.74) is 2.27. The Hall–Kier alpha value is -1.84. The number of hydrogen-bond donors (Lipinski definition) is 2. The molecule has 2 rings (SSSR count). The van der Waals surface area contributed by atoms with Gasteiger partial charge in [-0.3, -0.25) is 4.79 Å². The highest BCUT2D eigenvalue weighted by Crippen LogP contribution is 2.09. The molecule has 116 valence electrons. The molecule has 0 aliphatic rings. The van der Waals surface area contributed by atoms with Crippen LogP contribution in [0.4, 0.5) is 0 Å². The minimum atomic E-state index is 0.0627. The van der Waals surface area contributed by atoms with E-state index in [0.717, 1.165) is 18.7 Å². The molecule has 0 fully saturated rings. The van der Waals surface area contributed by atoms with Gasteiger partial charge in [-0.1, -0.05) is 54.1 Å². The zero-order chi connectivity index (χ0) is 15.8. The molecule has 0 heterocycles. The molecule has 0 aliphatic heterocycles. The fraction of sp³-hybridized carbons (Fsp3) is 0.278. The Morgan fingerprint density at radius 3 is 2.50 bits per heavy atom. The van der Waals surface area contributed by atoms with E-state index in [1.807, 2.05) is 42.5 Å². The molecule has 0 radical (unpaired) electrons. The Balaban J connectivity index is 1.82. The van der Waals surface area contributed by atoms with Crippen LogP contribution in [0.15, 0.2) is 54.6 Å². The second-order valence-corrected chi connectivity index (χ2v) is 5.79. The van der Waals surface area contributed by atoms with Gasteiger partial charge >= 0.3 is 0 Å². The van der Waals surface area contributed by atoms with Crippen molar-refractivity contribution in [3.63, 3.8) is 0 Å². The first-order valence-electron chi connectivity index (χ1n) is 7.56. The molecule has 2 aromatic carbocycles. The zero-order valence-electron chi connectivity index (χ0n) is 12.8. The summed E-state index contributed by atoms with van der Waals surface area (Å²) in [7, 11) is 0. The van der Waals surface area contributed by atoms with Crippen LogP contribution in [0.2, 0.25) is 5.02 Å². The second kappa shape index (κ2) is 8.57. The molecule has 1 unspecified atom stereocenters. The maximum atomic E-state index is 12.1. The Morgan fingerprint density at radius 2 is 1.82 bits per heavy atom. The van der Waals surface area contributed by atoms with Gasteiger partial charge in [-0.2, -0.15) is 0 Å². The fourth-order valence-electron chi connectivity index (χ4n) is 2.33. The van der Waals surface area contributed by atoms with Crippen molar-refractivity contribution in [2.75, 3.05) is 13.1 Å². The molecular formula is C18H22ClN2O+. The van der Waals surface area contributed by atoms with Crippen molar-refractivity contribution in [2.24, 2.45) is 0 Å². The molecule has 22 heavy (non-hydrogen) atoms. The van der Waals surface area contributed by atoms with Gasteiger partial charge in [-0.15, -0.1) is 0 Å². The fourth-order valence-corrected chi connectivity index (χ4v) is 2.55. The number of halogens is 1. The van der Waals surface area contributed by atoms with Crippen molar-refractivity contribution in [3.05, 3.63) is 70.7 Å². The third-order valence-corrected chi connectivity index (χ3v) is 3.82. The van der Waals surface area contributed by atoms with Gasteiger partial charge in [0.05, 0.1) is 6.54 Å². The molecule has 4 heteroatoms. The quantitative estimate of drug-likeness (QED) is 0.805. The van der Waals surface area contributed by atoms with E-state index in [1.165, 1.54) is 10.5 Å². The molecule has 2 aromatic rings. The lowest BCUT2D eigenvalue weighted by Crippen LogP contribution is -3.11. The van der Waals surface area contributed by atoms with Gasteiger partial charge in [0.25, 0.3) is 5.91 Å². The van der Waals surface area contributed by atoms with Crippen LogP contribution in [0.25, 0.3) is 0 Å². The lowest BCUT2D eigenvalue weighted by atomic mass is 10.2. The van der Waals surface area contributed by atoms with Crippen LogP contribution in [-0.4, -0.2) is 19.0 Å². The molecule has 1 amide bonds. The van der Waals surface area contributed by atoms with Gasteiger partial charge in [-0.05, 0) is 24.6 Å². The molecule has 0 spiro atoms. The third-order valence-electron chi connectivity index (χ3n) is 3.59. The number of quaternary nitrogens is 1. The first-order valence-corrected chi connectivity index (χ1v) is 7.94. The third kappa shape index (κ3) is 5.51. The van der Waals surface area contributed by atoms with Crippen LogP contribution >= 0.6 is 11.6 Å². The van der Waals surface area contributed by atoms with Crippen molar-refractivity contribution in [3.8, 4) is 0 Å². The number of rotatable bonds is 7. The number of benzene rings is 2. The monoisotopic (exact) mass is 317 g/mol. The van der Waals surface area contributed by atoms with E-state index in [9.17, 15) is 4.79 Å². The summed E-state index contributed by atoms with van der Waals surface area (Å²) in [6.45, 7) is 4.87. The lowest BCUT2D eigenvalue weighted by Gasteiger charge is -2.17. The molecule has 0 saturated carbocycles. The van der Waals surface area contributed by atoms with Crippen LogP contribution in [0.3, 0.4) is 0 Å². The van der Waals surface area contributed by atoms with Crippen LogP contribution in [0.5, 0.6) is 0 Å². The molecule has 0 bridgehead atoms. The first kappa shape index (κ1) is 16.5. The van der Waals surface area contributed by atoms with Gasteiger partial charge in [0.1, 0.15) is 6.54 Å². The van der Waals surface area contributed by atoms with Gasteiger partial charge in [-0.25, -0.2) is 0 Å². The molecule has 0 aromatic heterocycles. The molecule has 1 atom stereocenters. The minimum absolute atomic E-state index is 0.0627. The number of hydrogen-bond acceptors (Lipinski definition) is 1. The van der Waals surface area contributed by atoms with E-state index in [4.69, 9.17) is 11.6 Å². The van der Waals surface area contributed by atoms with E-state index < -0.39 is 0 Å². The average molecular weight is 318 g/mol. The highest BCUT2D eigenvalue weighted by Gasteiger charge is 2.12. The van der Waals surface area contributed by atoms with Crippen molar-refractivity contribution in [1.82, 2.24) is 5.32 Å². The molecular weight excluding hydrogens is 296 g/mol. The van der Waals surface area contributed by atoms with E-state index in [1.54, 1.807) is 0 Å². The van der Waals surface area contributed by atoms with Crippen LogP contribution in [-0.2, 0) is 17.9 Å². The summed E-state index contributed by atoms with van der Waals surface area (Å²) in [5.74, 6) is 0.0627. The largest absolute Gasteiger partial charge is 0.347 e. The van der Waals surface area contributed by atoms with Crippen LogP contribution < -0.4 is 10.2 Å². The van der Waals surface area contributed by atoms with E-state index in [0.29, 0.717) is 18.1 Å². The van der Waals surface area contributed by atoms with Gasteiger partial charge in [0.2, 0.25) is 0 Å². The maximum absolute atomic E-state index is 12.1. The topological polar surface area (TPSA) is 33.5 Å². The van der Waals surface area contributed by atoms with Gasteiger partial charge in [0.15, 0.2) is 6.54 Å². The van der Waals surface area contributed by atoms with Gasteiger partial charge in [0, 0.05) is 17.1 Å². The number of amides is 1. The normalized spacial score (nSPS) is 11.9. The second-order valence-electron chi connectivity index (χ2n) is 5.35.